The molecule has 1 aromatic carbocycles. The van der Waals surface area contributed by atoms with Crippen molar-refractivity contribution in [1.29, 1.82) is 0 Å². The van der Waals surface area contributed by atoms with Crippen molar-refractivity contribution in [3.05, 3.63) is 53.9 Å². The van der Waals surface area contributed by atoms with Crippen LogP contribution in [0, 0.1) is 5.41 Å². The van der Waals surface area contributed by atoms with Gasteiger partial charge in [-0.1, -0.05) is 39.0 Å². The van der Waals surface area contributed by atoms with Gasteiger partial charge in [-0.15, -0.1) is 0 Å². The fourth-order valence-corrected chi connectivity index (χ4v) is 5.02. The normalized spacial score (nSPS) is 18.4. The molecule has 1 saturated heterocycles. The van der Waals surface area contributed by atoms with E-state index in [0.717, 1.165) is 30.1 Å². The van der Waals surface area contributed by atoms with Crippen LogP contribution in [0.25, 0.3) is 0 Å². The van der Waals surface area contributed by atoms with Gasteiger partial charge in [0.2, 0.25) is 5.91 Å². The van der Waals surface area contributed by atoms with E-state index in [0.29, 0.717) is 44.9 Å². The number of methoxy groups -OCH3 is 1. The van der Waals surface area contributed by atoms with Crippen molar-refractivity contribution in [2.24, 2.45) is 17.6 Å². The average Bonchev–Trinajstić information content (AvgIpc) is 3.52. The maximum absolute atomic E-state index is 13.9. The Morgan fingerprint density at radius 3 is 2.53 bits per heavy atom. The van der Waals surface area contributed by atoms with E-state index in [1.54, 1.807) is 17.0 Å². The summed E-state index contributed by atoms with van der Waals surface area (Å²) in [4.78, 5) is 31.3. The number of nitrogens with zero attached hydrogens (tertiary/aromatic N) is 5. The SMILES string of the molecule is COc1ccccc1C1CC(c2cccn2C)=NN1C(=O)CN(CCN1CCOCC1)C(=O)CC(C)(C)C. The monoisotopic (exact) mass is 523 g/mol. The van der Waals surface area contributed by atoms with Crippen LogP contribution >= 0.6 is 0 Å². The first kappa shape index (κ1) is 27.9. The van der Waals surface area contributed by atoms with Crippen molar-refractivity contribution in [2.45, 2.75) is 39.7 Å². The van der Waals surface area contributed by atoms with E-state index in [1.807, 2.05) is 75.0 Å². The Hall–Kier alpha value is -3.17. The fraction of sp³-hybridized carbons (Fsp3) is 0.552. The van der Waals surface area contributed by atoms with Crippen molar-refractivity contribution in [3.8, 4) is 5.75 Å². The van der Waals surface area contributed by atoms with Crippen molar-refractivity contribution >= 4 is 17.5 Å². The molecule has 4 rings (SSSR count). The number of rotatable bonds is 9. The zero-order chi connectivity index (χ0) is 27.3. The summed E-state index contributed by atoms with van der Waals surface area (Å²) in [5.41, 5.74) is 2.52. The molecule has 2 aromatic rings. The Morgan fingerprint density at radius 2 is 1.87 bits per heavy atom. The van der Waals surface area contributed by atoms with Gasteiger partial charge in [-0.2, -0.15) is 5.10 Å². The second-order valence-electron chi connectivity index (χ2n) is 11.3. The maximum atomic E-state index is 13.9. The highest BCUT2D eigenvalue weighted by atomic mass is 16.5. The predicted octanol–water partition coefficient (Wildman–Crippen LogP) is 3.31. The van der Waals surface area contributed by atoms with Gasteiger partial charge in [-0.25, -0.2) is 5.01 Å². The average molecular weight is 524 g/mol. The van der Waals surface area contributed by atoms with Crippen LogP contribution in [0.3, 0.4) is 0 Å². The van der Waals surface area contributed by atoms with Gasteiger partial charge in [-0.05, 0) is 23.6 Å². The van der Waals surface area contributed by atoms with Crippen LogP contribution in [0.2, 0.25) is 0 Å². The zero-order valence-electron chi connectivity index (χ0n) is 23.4. The molecular formula is C29H41N5O4. The molecule has 0 bridgehead atoms. The van der Waals surface area contributed by atoms with E-state index in [1.165, 1.54) is 0 Å². The van der Waals surface area contributed by atoms with E-state index in [2.05, 4.69) is 4.90 Å². The molecule has 38 heavy (non-hydrogen) atoms. The molecule has 2 aliphatic heterocycles. The first-order valence-corrected chi connectivity index (χ1v) is 13.4. The summed E-state index contributed by atoms with van der Waals surface area (Å²) in [5.74, 6) is 0.500. The number of hydrazone groups is 1. The molecule has 0 N–H and O–H groups in total. The number of benzene rings is 1. The van der Waals surface area contributed by atoms with Crippen LogP contribution in [0.4, 0.5) is 0 Å². The molecule has 206 valence electrons. The Morgan fingerprint density at radius 1 is 1.13 bits per heavy atom. The smallest absolute Gasteiger partial charge is 0.262 e. The van der Waals surface area contributed by atoms with Crippen LogP contribution in [0.5, 0.6) is 5.75 Å². The molecule has 9 nitrogen and oxygen atoms in total. The number of morpholine rings is 1. The molecule has 1 aromatic heterocycles. The lowest BCUT2D eigenvalue weighted by Gasteiger charge is -2.32. The molecule has 0 spiro atoms. The minimum absolute atomic E-state index is 0.0150. The largest absolute Gasteiger partial charge is 0.496 e. The lowest BCUT2D eigenvalue weighted by molar-refractivity contribution is -0.142. The minimum atomic E-state index is -0.317. The fourth-order valence-electron chi connectivity index (χ4n) is 5.02. The van der Waals surface area contributed by atoms with Crippen LogP contribution in [0.15, 0.2) is 47.7 Å². The standard InChI is InChI=1S/C29H41N5O4/c1-29(2,3)20-27(35)33(14-13-32-15-17-38-18-16-32)21-28(36)34-25(22-9-6-7-11-26(22)37-5)19-23(30-34)24-10-8-12-31(24)4/h6-12,25H,13-21H2,1-5H3. The third-order valence-electron chi connectivity index (χ3n) is 7.05. The second-order valence-corrected chi connectivity index (χ2v) is 11.3. The van der Waals surface area contributed by atoms with Gasteiger partial charge in [0.1, 0.15) is 12.3 Å². The van der Waals surface area contributed by atoms with Crippen molar-refractivity contribution in [1.82, 2.24) is 19.4 Å². The number of carbonyl (C=O) groups is 2. The minimum Gasteiger partial charge on any atom is -0.496 e. The van der Waals surface area contributed by atoms with Gasteiger partial charge in [0, 0.05) is 57.8 Å². The Labute approximate surface area is 226 Å². The van der Waals surface area contributed by atoms with Gasteiger partial charge in [0.05, 0.1) is 37.8 Å². The van der Waals surface area contributed by atoms with Crippen LogP contribution in [-0.2, 0) is 21.4 Å². The van der Waals surface area contributed by atoms with Crippen molar-refractivity contribution in [2.75, 3.05) is 53.0 Å². The summed E-state index contributed by atoms with van der Waals surface area (Å²) in [6, 6.07) is 11.4. The molecular weight excluding hydrogens is 482 g/mol. The first-order chi connectivity index (χ1) is 18.2. The number of carbonyl (C=O) groups excluding carboxylic acids is 2. The Balaban J connectivity index is 1.59. The molecule has 0 radical (unpaired) electrons. The zero-order valence-corrected chi connectivity index (χ0v) is 23.4. The third kappa shape index (κ3) is 6.82. The Kier molecular flexibility index (Phi) is 8.89. The lowest BCUT2D eigenvalue weighted by Crippen LogP contribution is -2.47. The van der Waals surface area contributed by atoms with Crippen LogP contribution in [0.1, 0.15) is 50.9 Å². The number of hydrogen-bond donors (Lipinski definition) is 0. The van der Waals surface area contributed by atoms with Crippen LogP contribution < -0.4 is 4.74 Å². The first-order valence-electron chi connectivity index (χ1n) is 13.4. The summed E-state index contributed by atoms with van der Waals surface area (Å²) >= 11 is 0. The van der Waals surface area contributed by atoms with Crippen LogP contribution in [-0.4, -0.2) is 89.9 Å². The summed E-state index contributed by atoms with van der Waals surface area (Å²) < 4.78 is 13.1. The van der Waals surface area contributed by atoms with Gasteiger partial charge < -0.3 is 18.9 Å². The van der Waals surface area contributed by atoms with E-state index in [9.17, 15) is 9.59 Å². The molecule has 9 heteroatoms. The molecule has 1 fully saturated rings. The van der Waals surface area contributed by atoms with E-state index in [4.69, 9.17) is 14.6 Å². The molecule has 2 aliphatic rings. The molecule has 3 heterocycles. The summed E-state index contributed by atoms with van der Waals surface area (Å²) in [6.07, 6.45) is 2.91. The highest BCUT2D eigenvalue weighted by Gasteiger charge is 2.36. The Bertz CT molecular complexity index is 1150. The highest BCUT2D eigenvalue weighted by molar-refractivity contribution is 6.02. The van der Waals surface area contributed by atoms with Crippen molar-refractivity contribution in [3.63, 3.8) is 0 Å². The third-order valence-corrected chi connectivity index (χ3v) is 7.05. The molecule has 2 amide bonds. The summed E-state index contributed by atoms with van der Waals surface area (Å²) in [7, 11) is 3.61. The topological polar surface area (TPSA) is 79.6 Å². The molecule has 0 saturated carbocycles. The van der Waals surface area contributed by atoms with Gasteiger partial charge in [0.15, 0.2) is 0 Å². The second kappa shape index (κ2) is 12.1. The molecule has 0 aliphatic carbocycles. The number of ether oxygens (including phenoxy) is 2. The van der Waals surface area contributed by atoms with Gasteiger partial charge in [0.25, 0.3) is 5.91 Å². The number of para-hydroxylation sites is 1. The molecule has 1 atom stereocenters. The number of aryl methyl sites for hydroxylation is 1. The van der Waals surface area contributed by atoms with Gasteiger partial charge in [-0.3, -0.25) is 14.5 Å². The maximum Gasteiger partial charge on any atom is 0.262 e. The van der Waals surface area contributed by atoms with E-state index < -0.39 is 0 Å². The molecule has 1 unspecified atom stereocenters. The number of hydrogen-bond acceptors (Lipinski definition) is 6. The summed E-state index contributed by atoms with van der Waals surface area (Å²) in [5, 5.41) is 6.38. The van der Waals surface area contributed by atoms with Gasteiger partial charge >= 0.3 is 0 Å². The lowest BCUT2D eigenvalue weighted by atomic mass is 9.91. The van der Waals surface area contributed by atoms with Crippen molar-refractivity contribution < 1.29 is 19.1 Å². The highest BCUT2D eigenvalue weighted by Crippen LogP contribution is 2.37. The quantitative estimate of drug-likeness (QED) is 0.504. The number of aromatic nitrogens is 1. The van der Waals surface area contributed by atoms with E-state index in [-0.39, 0.29) is 29.8 Å². The van der Waals surface area contributed by atoms with E-state index >= 15 is 0 Å². The summed E-state index contributed by atoms with van der Waals surface area (Å²) in [6.45, 7) is 10.4. The number of amides is 2. The predicted molar refractivity (Wildman–Crippen MR) is 147 cm³/mol.